The molecule has 0 saturated heterocycles. The van der Waals surface area contributed by atoms with E-state index < -0.39 is 42.5 Å². The summed E-state index contributed by atoms with van der Waals surface area (Å²) in [6.45, 7) is 21.8. The van der Waals surface area contributed by atoms with Crippen molar-refractivity contribution >= 4 is 79.0 Å². The van der Waals surface area contributed by atoms with E-state index in [4.69, 9.17) is 23.4 Å². The minimum absolute atomic E-state index is 0.0446. The molecule has 15 nitrogen and oxygen atoms in total. The van der Waals surface area contributed by atoms with E-state index in [0.29, 0.717) is 58.2 Å². The standard InChI is InChI=1S/C65H79N7O8S2Si/c1-10-66-30-31-82(76,77)78-42-61(6,7)33-54(80-83(60(3,4)5,45-21-13-11-14-22-45)46-23-15-12-16-24-46)79-65-38-62(8)35-63(9,39-65)37-64(36-62,40-65)41-72-43(2)49(34-67-72)47-28-29-50(68-56(47)58(74)75)52-32-44-20-19-25-48(55(44)69-52)57(73)71-59-70-51-26-17-18-27-53(51)81-59/h11-29,32,34,54,66,69,76-77H,10,30-31,33,35-42H2,1-9H3,(H,74,75)(H,70,71,73). The molecule has 4 saturated carbocycles. The van der Waals surface area contributed by atoms with Crippen molar-refractivity contribution in [2.45, 2.75) is 131 Å². The number of hydrogen-bond donors (Lipinski definition) is 6. The summed E-state index contributed by atoms with van der Waals surface area (Å²) in [6, 6.07) is 40.0. The Bertz CT molecular complexity index is 3600. The van der Waals surface area contributed by atoms with E-state index in [2.05, 4.69) is 134 Å². The Labute approximate surface area is 493 Å². The normalized spacial score (nSPS) is 22.3. The summed E-state index contributed by atoms with van der Waals surface area (Å²) in [4.78, 5) is 39.7. The van der Waals surface area contributed by atoms with Crippen molar-refractivity contribution < 1.29 is 37.1 Å². The van der Waals surface area contributed by atoms with E-state index in [1.54, 1.807) is 12.3 Å². The number of carbonyl (C=O) groups is 2. The van der Waals surface area contributed by atoms with Gasteiger partial charge in [0.05, 0.1) is 67.7 Å². The molecule has 6 N–H and O–H groups in total. The van der Waals surface area contributed by atoms with Crippen LogP contribution in [0.1, 0.15) is 127 Å². The van der Waals surface area contributed by atoms with Crippen LogP contribution in [0.25, 0.3) is 43.6 Å². The fourth-order valence-corrected chi connectivity index (χ4v) is 21.8. The van der Waals surface area contributed by atoms with Gasteiger partial charge in [-0.2, -0.15) is 5.10 Å². The molecule has 4 aromatic carbocycles. The number of rotatable bonds is 22. The van der Waals surface area contributed by atoms with Crippen molar-refractivity contribution in [2.24, 2.45) is 21.7 Å². The lowest BCUT2D eigenvalue weighted by Crippen LogP contribution is -2.69. The Morgan fingerprint density at radius 2 is 1.51 bits per heavy atom. The van der Waals surface area contributed by atoms with Crippen LogP contribution in [0.4, 0.5) is 5.13 Å². The third-order valence-corrected chi connectivity index (χ3v) is 24.8. The molecule has 0 aliphatic heterocycles. The van der Waals surface area contributed by atoms with E-state index in [1.807, 2.05) is 68.4 Å². The van der Waals surface area contributed by atoms with Crippen molar-refractivity contribution in [3.8, 4) is 22.5 Å². The molecule has 1 amide bonds. The van der Waals surface area contributed by atoms with Crippen molar-refractivity contribution in [2.75, 3.05) is 30.8 Å². The van der Waals surface area contributed by atoms with Gasteiger partial charge in [0.2, 0.25) is 0 Å². The number of nitrogens with one attached hydrogen (secondary N) is 3. The molecule has 83 heavy (non-hydrogen) atoms. The number of carbonyl (C=O) groups excluding carboxylic acids is 1. The number of carboxylic acids is 1. The Morgan fingerprint density at radius 3 is 2.16 bits per heavy atom. The monoisotopic (exact) mass is 1180 g/mol. The first kappa shape index (κ1) is 58.7. The number of nitrogens with zero attached hydrogens (tertiary/aromatic N) is 4. The number of fused-ring (bicyclic) bond motifs is 2. The molecule has 4 aliphatic rings. The number of anilines is 1. The summed E-state index contributed by atoms with van der Waals surface area (Å²) >= 11 is 1.41. The highest BCUT2D eigenvalue weighted by Crippen LogP contribution is 2.72. The molecular weight excluding hydrogens is 1100 g/mol. The van der Waals surface area contributed by atoms with Gasteiger partial charge in [0, 0.05) is 41.7 Å². The molecule has 3 unspecified atom stereocenters. The number of hydrogen-bond acceptors (Lipinski definition) is 12. The molecule has 3 atom stereocenters. The zero-order valence-corrected chi connectivity index (χ0v) is 51.8. The number of para-hydroxylation sites is 2. The predicted molar refractivity (Wildman–Crippen MR) is 335 cm³/mol. The molecular formula is C65H79N7O8S2Si. The fourth-order valence-electron chi connectivity index (χ4n) is 15.4. The molecule has 0 radical (unpaired) electrons. The van der Waals surface area contributed by atoms with Gasteiger partial charge < -0.3 is 33.7 Å². The third kappa shape index (κ3) is 11.9. The summed E-state index contributed by atoms with van der Waals surface area (Å²) in [5.41, 5.74) is 3.28. The molecule has 8 aromatic rings. The topological polar surface area (TPSA) is 206 Å². The second-order valence-corrected chi connectivity index (χ2v) is 33.7. The second kappa shape index (κ2) is 22.1. The first-order valence-electron chi connectivity index (χ1n) is 29.0. The molecule has 4 heterocycles. The summed E-state index contributed by atoms with van der Waals surface area (Å²) in [5.74, 6) is -1.38. The largest absolute Gasteiger partial charge is 0.476 e. The molecule has 18 heteroatoms. The summed E-state index contributed by atoms with van der Waals surface area (Å²) in [5, 5.41) is 25.3. The molecule has 4 bridgehead atoms. The smallest absolute Gasteiger partial charge is 0.355 e. The van der Waals surface area contributed by atoms with Crippen molar-refractivity contribution in [1.29, 1.82) is 0 Å². The Morgan fingerprint density at radius 1 is 0.831 bits per heavy atom. The van der Waals surface area contributed by atoms with E-state index >= 15 is 0 Å². The lowest BCUT2D eigenvalue weighted by Gasteiger charge is -2.69. The van der Waals surface area contributed by atoms with Gasteiger partial charge in [-0.15, -0.1) is 0 Å². The Kier molecular flexibility index (Phi) is 15.6. The second-order valence-electron chi connectivity index (χ2n) is 26.6. The lowest BCUT2D eigenvalue weighted by atomic mass is 9.39. The lowest BCUT2D eigenvalue weighted by molar-refractivity contribution is -0.291. The molecule has 4 aromatic heterocycles. The van der Waals surface area contributed by atoms with Gasteiger partial charge >= 0.3 is 5.97 Å². The highest BCUT2D eigenvalue weighted by Gasteiger charge is 2.67. The number of benzene rings is 4. The summed E-state index contributed by atoms with van der Waals surface area (Å²) in [6.07, 6.45) is 7.11. The number of ether oxygens (including phenoxy) is 1. The quantitative estimate of drug-likeness (QED) is 0.0213. The maximum absolute atomic E-state index is 13.7. The first-order chi connectivity index (χ1) is 39.3. The van der Waals surface area contributed by atoms with Crippen LogP contribution < -0.4 is 21.0 Å². The van der Waals surface area contributed by atoms with Crippen molar-refractivity contribution in [3.63, 3.8) is 0 Å². The van der Waals surface area contributed by atoms with Gasteiger partial charge in [0.1, 0.15) is 6.29 Å². The number of aromatic nitrogens is 5. The van der Waals surface area contributed by atoms with Crippen molar-refractivity contribution in [1.82, 2.24) is 30.0 Å². The average Bonchev–Trinajstić information content (AvgIpc) is 1.20. The third-order valence-electron chi connectivity index (χ3n) is 17.6. The van der Waals surface area contributed by atoms with Gasteiger partial charge in [-0.25, -0.2) is 14.8 Å². The van der Waals surface area contributed by atoms with Gasteiger partial charge in [-0.05, 0) is 125 Å². The van der Waals surface area contributed by atoms with Crippen LogP contribution in [0.3, 0.4) is 0 Å². The predicted octanol–water partition coefficient (Wildman–Crippen LogP) is 13.7. The van der Waals surface area contributed by atoms with Crippen LogP contribution in [0.5, 0.6) is 0 Å². The van der Waals surface area contributed by atoms with Gasteiger partial charge in [-0.1, -0.05) is 152 Å². The van der Waals surface area contributed by atoms with E-state index in [0.717, 1.165) is 76.7 Å². The number of thiazole rings is 1. The molecule has 0 spiro atoms. The van der Waals surface area contributed by atoms with Crippen LogP contribution in [-0.2, 0) is 19.9 Å². The zero-order valence-electron chi connectivity index (χ0n) is 49.2. The maximum Gasteiger partial charge on any atom is 0.355 e. The Balaban J connectivity index is 0.896. The molecule has 12 rings (SSSR count). The number of carboxylic acid groups (broad SMARTS) is 1. The minimum Gasteiger partial charge on any atom is -0.476 e. The van der Waals surface area contributed by atoms with Gasteiger partial charge in [-0.3, -0.25) is 19.0 Å². The zero-order chi connectivity index (χ0) is 58.8. The Hall–Kier alpha value is -6.06. The number of H-pyrrole nitrogens is 1. The number of amides is 1. The highest BCUT2D eigenvalue weighted by molar-refractivity contribution is 8.20. The molecule has 4 aliphatic carbocycles. The van der Waals surface area contributed by atoms with Crippen LogP contribution in [0.15, 0.2) is 128 Å². The van der Waals surface area contributed by atoms with Crippen LogP contribution in [-0.4, -0.2) is 96.5 Å². The SMILES string of the molecule is CCNCCS(O)(O)OCC(C)(C)CC(OC12CC3(C)CC(C)(CC(Cn4ncc(-c5ccc(-c6cc7cccc(C(=O)Nc8nc9ccccc9s8)c7[nH]6)nc5C(=O)O)c4C)(C3)C1)C2)O[Si](c1ccccc1)(c1ccccc1)C(C)(C)C. The van der Waals surface area contributed by atoms with Crippen LogP contribution in [0, 0.1) is 28.6 Å². The summed E-state index contributed by atoms with van der Waals surface area (Å²) in [7, 11) is -6.51. The molecule has 438 valence electrons. The van der Waals surface area contributed by atoms with Gasteiger partial charge in [0.25, 0.3) is 14.2 Å². The van der Waals surface area contributed by atoms with Crippen LogP contribution >= 0.6 is 22.2 Å². The molecule has 4 fully saturated rings. The average molecular weight is 1180 g/mol. The van der Waals surface area contributed by atoms with Gasteiger partial charge in [0.15, 0.2) is 10.8 Å². The van der Waals surface area contributed by atoms with E-state index in [9.17, 15) is 23.8 Å². The number of aromatic carboxylic acids is 1. The maximum atomic E-state index is 13.7. The van der Waals surface area contributed by atoms with Crippen molar-refractivity contribution in [3.05, 3.63) is 144 Å². The highest BCUT2D eigenvalue weighted by atomic mass is 32.3. The first-order valence-corrected chi connectivity index (χ1v) is 33.3. The summed E-state index contributed by atoms with van der Waals surface area (Å²) < 4.78 is 47.2. The number of pyridine rings is 1. The number of aromatic amines is 1. The van der Waals surface area contributed by atoms with Crippen LogP contribution in [0.2, 0.25) is 5.04 Å². The minimum atomic E-state index is -3.31. The van der Waals surface area contributed by atoms with E-state index in [1.165, 1.54) is 11.3 Å². The van der Waals surface area contributed by atoms with E-state index in [-0.39, 0.29) is 45.2 Å². The fraction of sp³-hybridized carbons (Fsp3) is 0.431.